The summed E-state index contributed by atoms with van der Waals surface area (Å²) in [5.41, 5.74) is 2.26. The van der Waals surface area contributed by atoms with Crippen LogP contribution in [0.4, 0.5) is 16.2 Å². The fraction of sp³-hybridized carbons (Fsp3) is 0.167. The number of aromatic nitrogens is 1. The van der Waals surface area contributed by atoms with Gasteiger partial charge in [0.2, 0.25) is 0 Å². The Morgan fingerprint density at radius 1 is 1.24 bits per heavy atom. The van der Waals surface area contributed by atoms with Crippen molar-refractivity contribution >= 4 is 17.4 Å². The van der Waals surface area contributed by atoms with E-state index < -0.39 is 0 Å². The first-order chi connectivity index (χ1) is 12.1. The standard InChI is InChI=1S/C18H16N4O3/c1-12-3-8-16(25-12)10-22(17-11-24-21-13(17)2)18(23)20-15-6-4-14(9-19)5-7-15/h3-8,11H,10H2,1-2H3,(H,20,23). The van der Waals surface area contributed by atoms with Crippen molar-refractivity contribution in [2.75, 3.05) is 10.2 Å². The Morgan fingerprint density at radius 3 is 2.56 bits per heavy atom. The van der Waals surface area contributed by atoms with E-state index in [-0.39, 0.29) is 12.6 Å². The molecule has 0 bridgehead atoms. The minimum Gasteiger partial charge on any atom is -0.464 e. The molecule has 3 aromatic rings. The Balaban J connectivity index is 1.83. The van der Waals surface area contributed by atoms with Gasteiger partial charge in [-0.05, 0) is 50.2 Å². The van der Waals surface area contributed by atoms with E-state index in [9.17, 15) is 4.79 Å². The zero-order valence-electron chi connectivity index (χ0n) is 13.8. The molecule has 126 valence electrons. The highest BCUT2D eigenvalue weighted by Crippen LogP contribution is 2.23. The molecule has 1 aromatic carbocycles. The van der Waals surface area contributed by atoms with Crippen LogP contribution in [0, 0.1) is 25.2 Å². The zero-order valence-corrected chi connectivity index (χ0v) is 13.8. The summed E-state index contributed by atoms with van der Waals surface area (Å²) in [5, 5.41) is 15.5. The molecule has 0 radical (unpaired) electrons. The van der Waals surface area contributed by atoms with Gasteiger partial charge in [0.05, 0.1) is 18.2 Å². The van der Waals surface area contributed by atoms with Gasteiger partial charge in [0.1, 0.15) is 29.2 Å². The summed E-state index contributed by atoms with van der Waals surface area (Å²) in [6.07, 6.45) is 1.42. The molecule has 0 aliphatic heterocycles. The number of nitrogens with one attached hydrogen (secondary N) is 1. The summed E-state index contributed by atoms with van der Waals surface area (Å²) < 4.78 is 10.5. The molecule has 0 aliphatic rings. The topological polar surface area (TPSA) is 95.3 Å². The van der Waals surface area contributed by atoms with E-state index in [1.54, 1.807) is 31.2 Å². The molecule has 2 aromatic heterocycles. The van der Waals surface area contributed by atoms with Crippen molar-refractivity contribution in [1.82, 2.24) is 5.16 Å². The predicted octanol–water partition coefficient (Wildman–Crippen LogP) is 3.99. The van der Waals surface area contributed by atoms with Crippen molar-refractivity contribution in [1.29, 1.82) is 5.26 Å². The maximum Gasteiger partial charge on any atom is 0.326 e. The largest absolute Gasteiger partial charge is 0.464 e. The number of anilines is 2. The quantitative estimate of drug-likeness (QED) is 0.777. The lowest BCUT2D eigenvalue weighted by molar-refractivity contribution is 0.256. The van der Waals surface area contributed by atoms with E-state index in [4.69, 9.17) is 14.2 Å². The van der Waals surface area contributed by atoms with Gasteiger partial charge < -0.3 is 14.3 Å². The van der Waals surface area contributed by atoms with Gasteiger partial charge in [0.25, 0.3) is 0 Å². The van der Waals surface area contributed by atoms with E-state index in [1.165, 1.54) is 11.2 Å². The predicted molar refractivity (Wildman–Crippen MR) is 91.0 cm³/mol. The number of rotatable bonds is 4. The number of hydrogen-bond acceptors (Lipinski definition) is 5. The molecule has 0 fully saturated rings. The third-order valence-electron chi connectivity index (χ3n) is 3.64. The van der Waals surface area contributed by atoms with Crippen LogP contribution in [-0.2, 0) is 6.54 Å². The SMILES string of the molecule is Cc1ccc(CN(C(=O)Nc2ccc(C#N)cc2)c2conc2C)o1. The van der Waals surface area contributed by atoms with Crippen molar-refractivity contribution in [3.05, 3.63) is 65.4 Å². The molecular weight excluding hydrogens is 320 g/mol. The number of hydrogen-bond donors (Lipinski definition) is 1. The molecular formula is C18H16N4O3. The number of nitrogens with zero attached hydrogens (tertiary/aromatic N) is 3. The third kappa shape index (κ3) is 3.70. The number of furan rings is 1. The Labute approximate surface area is 144 Å². The van der Waals surface area contributed by atoms with E-state index in [0.717, 1.165) is 5.76 Å². The van der Waals surface area contributed by atoms with Crippen molar-refractivity contribution in [2.45, 2.75) is 20.4 Å². The molecule has 0 atom stereocenters. The maximum absolute atomic E-state index is 12.8. The molecule has 0 saturated carbocycles. The third-order valence-corrected chi connectivity index (χ3v) is 3.64. The van der Waals surface area contributed by atoms with E-state index in [2.05, 4.69) is 10.5 Å². The van der Waals surface area contributed by atoms with Crippen LogP contribution in [0.2, 0.25) is 0 Å². The van der Waals surface area contributed by atoms with Crippen LogP contribution in [0.5, 0.6) is 0 Å². The highest BCUT2D eigenvalue weighted by atomic mass is 16.5. The molecule has 2 heterocycles. The van der Waals surface area contributed by atoms with Crippen LogP contribution >= 0.6 is 0 Å². The Bertz CT molecular complexity index is 918. The Morgan fingerprint density at radius 2 is 2.00 bits per heavy atom. The van der Waals surface area contributed by atoms with Crippen molar-refractivity contribution in [2.24, 2.45) is 0 Å². The summed E-state index contributed by atoms with van der Waals surface area (Å²) in [5.74, 6) is 1.41. The lowest BCUT2D eigenvalue weighted by atomic mass is 10.2. The highest BCUT2D eigenvalue weighted by molar-refractivity contribution is 6.01. The van der Waals surface area contributed by atoms with Gasteiger partial charge in [-0.2, -0.15) is 5.26 Å². The lowest BCUT2D eigenvalue weighted by Crippen LogP contribution is -2.34. The van der Waals surface area contributed by atoms with Crippen LogP contribution < -0.4 is 10.2 Å². The molecule has 2 amide bonds. The second-order valence-electron chi connectivity index (χ2n) is 5.50. The average Bonchev–Trinajstić information content (AvgIpc) is 3.21. The van der Waals surface area contributed by atoms with Gasteiger partial charge in [-0.1, -0.05) is 5.16 Å². The summed E-state index contributed by atoms with van der Waals surface area (Å²) in [6, 6.07) is 12.0. The lowest BCUT2D eigenvalue weighted by Gasteiger charge is -2.21. The van der Waals surface area contributed by atoms with E-state index in [0.29, 0.717) is 28.4 Å². The first kappa shape index (κ1) is 16.3. The number of urea groups is 1. The number of nitriles is 1. The maximum atomic E-state index is 12.8. The molecule has 3 rings (SSSR count). The average molecular weight is 336 g/mol. The van der Waals surface area contributed by atoms with Gasteiger partial charge >= 0.3 is 6.03 Å². The highest BCUT2D eigenvalue weighted by Gasteiger charge is 2.22. The molecule has 0 unspecified atom stereocenters. The first-order valence-electron chi connectivity index (χ1n) is 7.62. The van der Waals surface area contributed by atoms with Crippen LogP contribution in [0.1, 0.15) is 22.8 Å². The molecule has 7 nitrogen and oxygen atoms in total. The molecule has 0 aliphatic carbocycles. The Kier molecular flexibility index (Phi) is 4.53. The number of carbonyl (C=O) groups excluding carboxylic acids is 1. The fourth-order valence-electron chi connectivity index (χ4n) is 2.36. The minimum atomic E-state index is -0.356. The molecule has 0 saturated heterocycles. The Hall–Kier alpha value is -3.53. The first-order valence-corrected chi connectivity index (χ1v) is 7.62. The van der Waals surface area contributed by atoms with Gasteiger partial charge in [-0.3, -0.25) is 4.90 Å². The number of amides is 2. The van der Waals surface area contributed by atoms with Crippen molar-refractivity contribution in [3.63, 3.8) is 0 Å². The fourth-order valence-corrected chi connectivity index (χ4v) is 2.36. The normalized spacial score (nSPS) is 10.3. The van der Waals surface area contributed by atoms with E-state index in [1.807, 2.05) is 25.1 Å². The van der Waals surface area contributed by atoms with Gasteiger partial charge in [-0.15, -0.1) is 0 Å². The summed E-state index contributed by atoms with van der Waals surface area (Å²) in [6.45, 7) is 3.83. The van der Waals surface area contributed by atoms with Gasteiger partial charge in [0.15, 0.2) is 0 Å². The summed E-state index contributed by atoms with van der Waals surface area (Å²) in [7, 11) is 0. The number of aryl methyl sites for hydroxylation is 2. The van der Waals surface area contributed by atoms with Crippen LogP contribution in [0.15, 0.2) is 51.6 Å². The number of carbonyl (C=O) groups is 1. The summed E-state index contributed by atoms with van der Waals surface area (Å²) in [4.78, 5) is 14.3. The van der Waals surface area contributed by atoms with Gasteiger partial charge in [0, 0.05) is 5.69 Å². The number of benzene rings is 1. The van der Waals surface area contributed by atoms with E-state index >= 15 is 0 Å². The molecule has 7 heteroatoms. The van der Waals surface area contributed by atoms with Crippen LogP contribution in [0.3, 0.4) is 0 Å². The smallest absolute Gasteiger partial charge is 0.326 e. The monoisotopic (exact) mass is 336 g/mol. The van der Waals surface area contributed by atoms with Crippen molar-refractivity contribution < 1.29 is 13.7 Å². The summed E-state index contributed by atoms with van der Waals surface area (Å²) >= 11 is 0. The second-order valence-corrected chi connectivity index (χ2v) is 5.50. The van der Waals surface area contributed by atoms with Crippen LogP contribution in [0.25, 0.3) is 0 Å². The van der Waals surface area contributed by atoms with Crippen LogP contribution in [-0.4, -0.2) is 11.2 Å². The minimum absolute atomic E-state index is 0.234. The zero-order chi connectivity index (χ0) is 17.8. The molecule has 25 heavy (non-hydrogen) atoms. The second kappa shape index (κ2) is 6.93. The molecule has 1 N–H and O–H groups in total. The molecule has 0 spiro atoms. The van der Waals surface area contributed by atoms with Gasteiger partial charge in [-0.25, -0.2) is 4.79 Å². The van der Waals surface area contributed by atoms with Crippen molar-refractivity contribution in [3.8, 4) is 6.07 Å².